The second kappa shape index (κ2) is 10.4. The number of halogens is 1. The average Bonchev–Trinajstić information content (AvgIpc) is 2.93. The quantitative estimate of drug-likeness (QED) is 0.606. The first-order valence-electron chi connectivity index (χ1n) is 10.6. The van der Waals surface area contributed by atoms with Crippen LogP contribution in [0.5, 0.6) is 0 Å². The third kappa shape index (κ3) is 6.04. The fourth-order valence-electron chi connectivity index (χ4n) is 3.50. The lowest BCUT2D eigenvalue weighted by atomic mass is 9.85. The van der Waals surface area contributed by atoms with Crippen molar-refractivity contribution in [2.24, 2.45) is 10.9 Å². The number of rotatable bonds is 9. The van der Waals surface area contributed by atoms with E-state index in [1.165, 1.54) is 24.2 Å². The molecule has 0 aromatic heterocycles. The van der Waals surface area contributed by atoms with E-state index < -0.39 is 11.1 Å². The summed E-state index contributed by atoms with van der Waals surface area (Å²) in [6.45, 7) is 3.96. The van der Waals surface area contributed by atoms with Gasteiger partial charge in [-0.25, -0.2) is 9.38 Å². The number of carbonyl (C=O) groups excluding carboxylic acids is 2. The van der Waals surface area contributed by atoms with Gasteiger partial charge in [-0.15, -0.1) is 0 Å². The van der Waals surface area contributed by atoms with E-state index in [-0.39, 0.29) is 23.9 Å². The molecular weight excluding hydrogens is 403 g/mol. The summed E-state index contributed by atoms with van der Waals surface area (Å²) in [7, 11) is 3.98. The zero-order valence-electron chi connectivity index (χ0n) is 18.0. The van der Waals surface area contributed by atoms with Gasteiger partial charge in [-0.3, -0.25) is 14.5 Å². The first-order valence-corrected chi connectivity index (χ1v) is 11.5. The molecule has 6 nitrogen and oxygen atoms in total. The van der Waals surface area contributed by atoms with E-state index in [0.29, 0.717) is 24.2 Å². The molecule has 1 saturated carbocycles. The summed E-state index contributed by atoms with van der Waals surface area (Å²) < 4.78 is 14.2. The molecule has 2 aliphatic rings. The highest BCUT2D eigenvalue weighted by Crippen LogP contribution is 2.36. The van der Waals surface area contributed by atoms with E-state index in [1.807, 2.05) is 21.0 Å². The third-order valence-electron chi connectivity index (χ3n) is 5.48. The summed E-state index contributed by atoms with van der Waals surface area (Å²) in [5.41, 5.74) is 1.14. The average molecular weight is 435 g/mol. The van der Waals surface area contributed by atoms with E-state index in [2.05, 4.69) is 15.2 Å². The van der Waals surface area contributed by atoms with Gasteiger partial charge in [-0.05, 0) is 70.4 Å². The van der Waals surface area contributed by atoms with Gasteiger partial charge in [0.05, 0.1) is 0 Å². The van der Waals surface area contributed by atoms with E-state index in [4.69, 9.17) is 0 Å². The van der Waals surface area contributed by atoms with Crippen molar-refractivity contribution in [2.75, 3.05) is 33.7 Å². The number of thioether (sulfide) groups is 1. The lowest BCUT2D eigenvalue weighted by Crippen LogP contribution is -2.39. The first kappa shape index (κ1) is 22.7. The number of benzene rings is 1. The molecule has 2 amide bonds. The Morgan fingerprint density at radius 1 is 1.37 bits per heavy atom. The fraction of sp³-hybridized carbons (Fsp3) is 0.591. The van der Waals surface area contributed by atoms with E-state index in [1.54, 1.807) is 17.0 Å². The van der Waals surface area contributed by atoms with Crippen LogP contribution in [0.4, 0.5) is 10.1 Å². The minimum atomic E-state index is -0.509. The summed E-state index contributed by atoms with van der Waals surface area (Å²) in [6.07, 6.45) is 4.34. The summed E-state index contributed by atoms with van der Waals surface area (Å²) >= 11 is 1.28. The maximum atomic E-state index is 14.2. The molecule has 3 rings (SSSR count). The van der Waals surface area contributed by atoms with Crippen molar-refractivity contribution in [2.45, 2.75) is 44.3 Å². The van der Waals surface area contributed by atoms with Crippen molar-refractivity contribution in [3.8, 4) is 0 Å². The summed E-state index contributed by atoms with van der Waals surface area (Å²) in [5.74, 6) is -0.180. The number of nitrogens with zero attached hydrogens (tertiary/aromatic N) is 3. The van der Waals surface area contributed by atoms with Gasteiger partial charge in [0.1, 0.15) is 16.8 Å². The molecule has 30 heavy (non-hydrogen) atoms. The second-order valence-corrected chi connectivity index (χ2v) is 9.58. The number of amidine groups is 1. The van der Waals surface area contributed by atoms with Crippen LogP contribution in [0.2, 0.25) is 0 Å². The molecule has 0 radical (unpaired) electrons. The summed E-state index contributed by atoms with van der Waals surface area (Å²) in [6, 6.07) is 4.77. The molecule has 0 spiro atoms. The Hall–Kier alpha value is -1.93. The second-order valence-electron chi connectivity index (χ2n) is 8.41. The highest BCUT2D eigenvalue weighted by Gasteiger charge is 2.40. The lowest BCUT2D eigenvalue weighted by Gasteiger charge is -2.29. The SMILES string of the molecule is Cc1ccc(F)c(N=C2SC(CC(=O)NCCCN(C)C)C(=O)N2CC2CCC2)c1. The molecule has 1 N–H and O–H groups in total. The Morgan fingerprint density at radius 2 is 2.13 bits per heavy atom. The molecule has 1 aromatic rings. The van der Waals surface area contributed by atoms with Crippen LogP contribution < -0.4 is 5.32 Å². The van der Waals surface area contributed by atoms with Crippen molar-refractivity contribution in [1.29, 1.82) is 0 Å². The van der Waals surface area contributed by atoms with Crippen LogP contribution in [-0.2, 0) is 9.59 Å². The van der Waals surface area contributed by atoms with Gasteiger partial charge in [0.15, 0.2) is 5.17 Å². The summed E-state index contributed by atoms with van der Waals surface area (Å²) in [5, 5.41) is 2.89. The molecule has 2 fully saturated rings. The molecule has 1 aliphatic heterocycles. The third-order valence-corrected chi connectivity index (χ3v) is 6.65. The van der Waals surface area contributed by atoms with Gasteiger partial charge in [-0.1, -0.05) is 24.2 Å². The molecular formula is C22H31FN4O2S. The molecule has 1 unspecified atom stereocenters. The number of nitrogens with one attached hydrogen (secondary N) is 1. The normalized spacial score (nSPS) is 20.8. The zero-order chi connectivity index (χ0) is 21.7. The monoisotopic (exact) mass is 434 g/mol. The molecule has 1 saturated heterocycles. The highest BCUT2D eigenvalue weighted by atomic mass is 32.2. The number of aryl methyl sites for hydroxylation is 1. The van der Waals surface area contributed by atoms with Gasteiger partial charge >= 0.3 is 0 Å². The minimum absolute atomic E-state index is 0.0952. The van der Waals surface area contributed by atoms with Crippen LogP contribution in [0, 0.1) is 18.7 Å². The predicted octanol–water partition coefficient (Wildman–Crippen LogP) is 3.32. The predicted molar refractivity (Wildman–Crippen MR) is 119 cm³/mol. The van der Waals surface area contributed by atoms with Crippen LogP contribution in [-0.4, -0.2) is 65.8 Å². The molecule has 1 aromatic carbocycles. The highest BCUT2D eigenvalue weighted by molar-refractivity contribution is 8.15. The van der Waals surface area contributed by atoms with Crippen molar-refractivity contribution in [3.63, 3.8) is 0 Å². The number of hydrogen-bond acceptors (Lipinski definition) is 5. The largest absolute Gasteiger partial charge is 0.356 e. The Labute approximate surface area is 182 Å². The Bertz CT molecular complexity index is 810. The Balaban J connectivity index is 1.68. The number of hydrogen-bond donors (Lipinski definition) is 1. The number of amides is 2. The minimum Gasteiger partial charge on any atom is -0.356 e. The smallest absolute Gasteiger partial charge is 0.242 e. The Morgan fingerprint density at radius 3 is 2.80 bits per heavy atom. The van der Waals surface area contributed by atoms with Crippen molar-refractivity contribution >= 4 is 34.4 Å². The van der Waals surface area contributed by atoms with Crippen molar-refractivity contribution in [1.82, 2.24) is 15.1 Å². The van der Waals surface area contributed by atoms with Crippen LogP contribution in [0.1, 0.15) is 37.7 Å². The molecule has 1 atom stereocenters. The maximum absolute atomic E-state index is 14.2. The number of carbonyl (C=O) groups is 2. The van der Waals surface area contributed by atoms with E-state index in [0.717, 1.165) is 31.4 Å². The van der Waals surface area contributed by atoms with E-state index >= 15 is 0 Å². The number of aliphatic imine (C=N–C) groups is 1. The van der Waals surface area contributed by atoms with Crippen LogP contribution in [0.15, 0.2) is 23.2 Å². The van der Waals surface area contributed by atoms with Crippen molar-refractivity contribution < 1.29 is 14.0 Å². The van der Waals surface area contributed by atoms with E-state index in [9.17, 15) is 14.0 Å². The standard InChI is InChI=1S/C22H31FN4O2S/c1-15-8-9-17(23)18(12-15)25-22-27(14-16-6-4-7-16)21(29)19(30-22)13-20(28)24-10-5-11-26(2)3/h8-9,12,16,19H,4-7,10-11,13-14H2,1-3H3,(H,24,28). The van der Waals surface area contributed by atoms with Gasteiger partial charge in [0.25, 0.3) is 0 Å². The molecule has 1 heterocycles. The topological polar surface area (TPSA) is 65.0 Å². The Kier molecular flexibility index (Phi) is 7.88. The zero-order valence-corrected chi connectivity index (χ0v) is 18.8. The van der Waals surface area contributed by atoms with Crippen molar-refractivity contribution in [3.05, 3.63) is 29.6 Å². The summed E-state index contributed by atoms with van der Waals surface area (Å²) in [4.78, 5) is 33.6. The van der Waals surface area contributed by atoms with Gasteiger partial charge in [0, 0.05) is 19.5 Å². The molecule has 1 aliphatic carbocycles. The van der Waals surface area contributed by atoms with Gasteiger partial charge in [0.2, 0.25) is 11.8 Å². The van der Waals surface area contributed by atoms with Crippen LogP contribution >= 0.6 is 11.8 Å². The lowest BCUT2D eigenvalue weighted by molar-refractivity contribution is -0.129. The molecule has 8 heteroatoms. The van der Waals surface area contributed by atoms with Gasteiger partial charge < -0.3 is 10.2 Å². The maximum Gasteiger partial charge on any atom is 0.242 e. The first-order chi connectivity index (χ1) is 14.3. The van der Waals surface area contributed by atoms with Gasteiger partial charge in [-0.2, -0.15) is 0 Å². The van der Waals surface area contributed by atoms with Crippen LogP contribution in [0.3, 0.4) is 0 Å². The molecule has 164 valence electrons. The fourth-order valence-corrected chi connectivity index (χ4v) is 4.66. The molecule has 0 bridgehead atoms. The van der Waals surface area contributed by atoms with Crippen LogP contribution in [0.25, 0.3) is 0 Å².